The van der Waals surface area contributed by atoms with E-state index < -0.39 is 12.0 Å². The van der Waals surface area contributed by atoms with E-state index in [0.29, 0.717) is 42.3 Å². The summed E-state index contributed by atoms with van der Waals surface area (Å²) in [4.78, 5) is 32.4. The SMILES string of the molecule is CCOC(=O)C1=C(C)N=c2s/c(=C\c3cccc(OCc4ccc(F)cc4)c3)c(=O)n2[C@H]1c1cc(OC)c(OC)cc1Br. The van der Waals surface area contributed by atoms with Gasteiger partial charge in [-0.1, -0.05) is 51.5 Å². The lowest BCUT2D eigenvalue weighted by Gasteiger charge is -2.26. The number of aromatic nitrogens is 1. The molecule has 4 aromatic rings. The van der Waals surface area contributed by atoms with Crippen LogP contribution >= 0.6 is 27.3 Å². The van der Waals surface area contributed by atoms with Crippen LogP contribution in [0, 0.1) is 5.82 Å². The number of hydrogen-bond acceptors (Lipinski definition) is 8. The fraction of sp³-hybridized carbons (Fsp3) is 0.219. The van der Waals surface area contributed by atoms with Gasteiger partial charge in [0.1, 0.15) is 18.2 Å². The molecule has 3 aromatic carbocycles. The number of methoxy groups -OCH3 is 2. The van der Waals surface area contributed by atoms with Crippen molar-refractivity contribution >= 4 is 39.3 Å². The Kier molecular flexibility index (Phi) is 9.12. The molecule has 1 aromatic heterocycles. The quantitative estimate of drug-likeness (QED) is 0.226. The normalized spacial score (nSPS) is 14.7. The average Bonchev–Trinajstić information content (AvgIpc) is 3.30. The third kappa shape index (κ3) is 6.28. The maximum absolute atomic E-state index is 14.0. The van der Waals surface area contributed by atoms with Crippen LogP contribution in [0.2, 0.25) is 0 Å². The molecule has 0 saturated carbocycles. The molecule has 8 nitrogen and oxygen atoms in total. The van der Waals surface area contributed by atoms with Crippen LogP contribution in [-0.4, -0.2) is 31.4 Å². The zero-order chi connectivity index (χ0) is 30.7. The van der Waals surface area contributed by atoms with Crippen LogP contribution in [0.15, 0.2) is 86.2 Å². The number of hydrogen-bond donors (Lipinski definition) is 0. The van der Waals surface area contributed by atoms with Crippen molar-refractivity contribution < 1.29 is 28.1 Å². The predicted octanol–water partition coefficient (Wildman–Crippen LogP) is 5.30. The highest BCUT2D eigenvalue weighted by molar-refractivity contribution is 9.10. The highest BCUT2D eigenvalue weighted by atomic mass is 79.9. The first kappa shape index (κ1) is 30.2. The van der Waals surface area contributed by atoms with Crippen LogP contribution in [0.4, 0.5) is 4.39 Å². The van der Waals surface area contributed by atoms with Crippen molar-refractivity contribution in [3.8, 4) is 17.2 Å². The lowest BCUT2D eigenvalue weighted by Crippen LogP contribution is -2.40. The van der Waals surface area contributed by atoms with E-state index in [0.717, 1.165) is 11.1 Å². The Bertz CT molecular complexity index is 1900. The Balaban J connectivity index is 1.59. The van der Waals surface area contributed by atoms with Crippen molar-refractivity contribution in [3.63, 3.8) is 0 Å². The fourth-order valence-electron chi connectivity index (χ4n) is 4.76. The van der Waals surface area contributed by atoms with Crippen molar-refractivity contribution in [1.82, 2.24) is 4.57 Å². The minimum absolute atomic E-state index is 0.166. The number of allylic oxidation sites excluding steroid dienone is 1. The van der Waals surface area contributed by atoms with Gasteiger partial charge in [0, 0.05) is 4.47 Å². The van der Waals surface area contributed by atoms with E-state index in [2.05, 4.69) is 20.9 Å². The number of fused-ring (bicyclic) bond motifs is 1. The molecule has 222 valence electrons. The molecule has 2 heterocycles. The van der Waals surface area contributed by atoms with E-state index in [1.807, 2.05) is 24.3 Å². The van der Waals surface area contributed by atoms with Gasteiger partial charge >= 0.3 is 5.97 Å². The molecular formula is C32H28BrFN2O6S. The first-order valence-electron chi connectivity index (χ1n) is 13.3. The lowest BCUT2D eigenvalue weighted by atomic mass is 9.95. The van der Waals surface area contributed by atoms with Crippen molar-refractivity contribution in [2.45, 2.75) is 26.5 Å². The molecule has 1 atom stereocenters. The van der Waals surface area contributed by atoms with Crippen LogP contribution < -0.4 is 29.1 Å². The number of esters is 1. The number of carbonyl (C=O) groups excluding carboxylic acids is 1. The summed E-state index contributed by atoms with van der Waals surface area (Å²) in [6.45, 7) is 3.89. The van der Waals surface area contributed by atoms with Crippen molar-refractivity contribution in [2.75, 3.05) is 20.8 Å². The topological polar surface area (TPSA) is 88.4 Å². The Hall–Kier alpha value is -4.22. The van der Waals surface area contributed by atoms with E-state index in [-0.39, 0.29) is 30.2 Å². The van der Waals surface area contributed by atoms with E-state index in [9.17, 15) is 14.0 Å². The molecule has 0 spiro atoms. The first-order chi connectivity index (χ1) is 20.7. The number of rotatable bonds is 9. The molecule has 5 rings (SSSR count). The third-order valence-corrected chi connectivity index (χ3v) is 8.46. The number of benzene rings is 3. The van der Waals surface area contributed by atoms with Gasteiger partial charge in [0.25, 0.3) is 5.56 Å². The summed E-state index contributed by atoms with van der Waals surface area (Å²) >= 11 is 4.83. The van der Waals surface area contributed by atoms with E-state index in [1.165, 1.54) is 42.3 Å². The molecule has 0 unspecified atom stereocenters. The molecule has 0 radical (unpaired) electrons. The maximum Gasteiger partial charge on any atom is 0.338 e. The van der Waals surface area contributed by atoms with Crippen LogP contribution in [0.5, 0.6) is 17.2 Å². The molecule has 0 N–H and O–H groups in total. The molecule has 1 aliphatic rings. The minimum atomic E-state index is -0.836. The molecule has 0 bridgehead atoms. The van der Waals surface area contributed by atoms with Crippen LogP contribution in [-0.2, 0) is 16.1 Å². The van der Waals surface area contributed by atoms with Gasteiger partial charge in [-0.3, -0.25) is 9.36 Å². The molecular weight excluding hydrogens is 639 g/mol. The second-order valence-electron chi connectivity index (χ2n) is 9.52. The number of carbonyl (C=O) groups is 1. The molecule has 1 aliphatic heterocycles. The number of ether oxygens (including phenoxy) is 4. The Labute approximate surface area is 259 Å². The molecule has 0 saturated heterocycles. The van der Waals surface area contributed by atoms with Gasteiger partial charge in [0.2, 0.25) is 0 Å². The van der Waals surface area contributed by atoms with E-state index in [1.54, 1.807) is 44.2 Å². The summed E-state index contributed by atoms with van der Waals surface area (Å²) in [5.41, 5.74) is 2.57. The Morgan fingerprint density at radius 1 is 1.09 bits per heavy atom. The summed E-state index contributed by atoms with van der Waals surface area (Å²) in [7, 11) is 3.05. The highest BCUT2D eigenvalue weighted by Gasteiger charge is 2.35. The predicted molar refractivity (Wildman–Crippen MR) is 165 cm³/mol. The fourth-order valence-corrected chi connectivity index (χ4v) is 6.34. The smallest absolute Gasteiger partial charge is 0.338 e. The molecule has 0 amide bonds. The second kappa shape index (κ2) is 13.0. The van der Waals surface area contributed by atoms with Gasteiger partial charge in [-0.25, -0.2) is 14.2 Å². The first-order valence-corrected chi connectivity index (χ1v) is 14.9. The minimum Gasteiger partial charge on any atom is -0.493 e. The largest absolute Gasteiger partial charge is 0.493 e. The third-order valence-electron chi connectivity index (χ3n) is 6.79. The van der Waals surface area contributed by atoms with Crippen molar-refractivity contribution in [1.29, 1.82) is 0 Å². The lowest BCUT2D eigenvalue weighted by molar-refractivity contribution is -0.139. The standard InChI is InChI=1S/C32H28BrFN2O6S/c1-5-41-31(38)28-18(2)35-32-36(29(28)23-15-25(39-3)26(40-4)16-24(23)33)30(37)27(43-32)14-20-7-6-8-22(13-20)42-17-19-9-11-21(34)12-10-19/h6-16,29H,5,17H2,1-4H3/b27-14-/t29-/m0/s1. The number of nitrogens with zero attached hydrogens (tertiary/aromatic N) is 2. The van der Waals surface area contributed by atoms with E-state index >= 15 is 0 Å². The van der Waals surface area contributed by atoms with Crippen LogP contribution in [0.25, 0.3) is 6.08 Å². The summed E-state index contributed by atoms with van der Waals surface area (Å²) in [6.07, 6.45) is 1.76. The van der Waals surface area contributed by atoms with Gasteiger partial charge in [0.15, 0.2) is 16.3 Å². The highest BCUT2D eigenvalue weighted by Crippen LogP contribution is 2.40. The average molecular weight is 668 g/mol. The zero-order valence-electron chi connectivity index (χ0n) is 23.9. The monoisotopic (exact) mass is 666 g/mol. The summed E-state index contributed by atoms with van der Waals surface area (Å²) in [5.74, 6) is 0.662. The zero-order valence-corrected chi connectivity index (χ0v) is 26.3. The second-order valence-corrected chi connectivity index (χ2v) is 11.4. The van der Waals surface area contributed by atoms with Gasteiger partial charge in [-0.2, -0.15) is 0 Å². The molecule has 43 heavy (non-hydrogen) atoms. The molecule has 0 aliphatic carbocycles. The number of thiazole rings is 1. The Morgan fingerprint density at radius 3 is 2.51 bits per heavy atom. The summed E-state index contributed by atoms with van der Waals surface area (Å²) < 4.78 is 38.1. The van der Waals surface area contributed by atoms with Gasteiger partial charge < -0.3 is 18.9 Å². The summed E-state index contributed by atoms with van der Waals surface area (Å²) in [5, 5.41) is 0. The van der Waals surface area contributed by atoms with Crippen LogP contribution in [0.1, 0.15) is 36.6 Å². The van der Waals surface area contributed by atoms with Gasteiger partial charge in [0.05, 0.1) is 42.7 Å². The van der Waals surface area contributed by atoms with Crippen molar-refractivity contribution in [3.05, 3.63) is 119 Å². The summed E-state index contributed by atoms with van der Waals surface area (Å²) in [6, 6.07) is 16.1. The van der Waals surface area contributed by atoms with Gasteiger partial charge in [-0.05, 0) is 73.0 Å². The Morgan fingerprint density at radius 2 is 1.81 bits per heavy atom. The maximum atomic E-state index is 14.0. The van der Waals surface area contributed by atoms with Crippen LogP contribution in [0.3, 0.4) is 0 Å². The van der Waals surface area contributed by atoms with Crippen molar-refractivity contribution in [2.24, 2.45) is 4.99 Å². The van der Waals surface area contributed by atoms with Gasteiger partial charge in [-0.15, -0.1) is 0 Å². The van der Waals surface area contributed by atoms with E-state index in [4.69, 9.17) is 18.9 Å². The molecule has 0 fully saturated rings. The number of halogens is 2. The molecule has 11 heteroatoms.